The van der Waals surface area contributed by atoms with Gasteiger partial charge in [-0.05, 0) is 43.8 Å². The summed E-state index contributed by atoms with van der Waals surface area (Å²) in [5, 5.41) is 2.20. The summed E-state index contributed by atoms with van der Waals surface area (Å²) in [6.07, 6.45) is 0. The van der Waals surface area contributed by atoms with Crippen LogP contribution in [0.1, 0.15) is 13.8 Å². The molecule has 1 aliphatic heterocycles. The van der Waals surface area contributed by atoms with Crippen LogP contribution in [0.5, 0.6) is 0 Å². The average molecular weight is 129 g/mol. The smallest absolute Gasteiger partial charge is 0.0389 e. The minimum Gasteiger partial charge on any atom is -0.243 e. The fourth-order valence-electron chi connectivity index (χ4n) is 0.643. The van der Waals surface area contributed by atoms with Crippen molar-refractivity contribution in [2.75, 3.05) is 7.05 Å². The maximum atomic E-state index is 2.25. The van der Waals surface area contributed by atoms with Crippen LogP contribution in [-0.2, 0) is 0 Å². The van der Waals surface area contributed by atoms with Gasteiger partial charge in [-0.3, -0.25) is 0 Å². The summed E-state index contributed by atoms with van der Waals surface area (Å²) >= 11 is 1.78. The van der Waals surface area contributed by atoms with Crippen LogP contribution in [0.2, 0.25) is 0 Å². The molecule has 0 amide bonds. The van der Waals surface area contributed by atoms with Crippen LogP contribution >= 0.6 is 11.9 Å². The van der Waals surface area contributed by atoms with Crippen molar-refractivity contribution in [2.24, 2.45) is 0 Å². The van der Waals surface area contributed by atoms with Crippen molar-refractivity contribution < 1.29 is 0 Å². The Balaban J connectivity index is 2.59. The van der Waals surface area contributed by atoms with Crippen LogP contribution in [0, 0.1) is 0 Å². The van der Waals surface area contributed by atoms with E-state index in [4.69, 9.17) is 0 Å². The van der Waals surface area contributed by atoms with Gasteiger partial charge < -0.3 is 0 Å². The van der Waals surface area contributed by atoms with Crippen molar-refractivity contribution in [1.82, 2.24) is 4.31 Å². The van der Waals surface area contributed by atoms with E-state index in [1.165, 1.54) is 5.57 Å². The predicted octanol–water partition coefficient (Wildman–Crippen LogP) is 1.87. The Hall–Kier alpha value is 0.0500. The van der Waals surface area contributed by atoms with E-state index in [1.807, 2.05) is 0 Å². The van der Waals surface area contributed by atoms with Crippen molar-refractivity contribution in [3.8, 4) is 0 Å². The van der Waals surface area contributed by atoms with E-state index in [9.17, 15) is 0 Å². The molecule has 0 N–H and O–H groups in total. The van der Waals surface area contributed by atoms with Crippen LogP contribution in [0.25, 0.3) is 0 Å². The summed E-state index contributed by atoms with van der Waals surface area (Å²) in [6, 6.07) is 0.639. The number of hydrogen-bond acceptors (Lipinski definition) is 2. The lowest BCUT2D eigenvalue weighted by Gasteiger charge is -2.13. The molecule has 1 nitrogen and oxygen atoms in total. The number of hydrogen-bond donors (Lipinski definition) is 0. The van der Waals surface area contributed by atoms with Gasteiger partial charge in [0.1, 0.15) is 0 Å². The van der Waals surface area contributed by atoms with Gasteiger partial charge in [0, 0.05) is 6.04 Å². The first-order valence-electron chi connectivity index (χ1n) is 2.78. The summed E-state index contributed by atoms with van der Waals surface area (Å²) in [5.74, 6) is 0. The predicted molar refractivity (Wildman–Crippen MR) is 38.6 cm³/mol. The molecule has 0 spiro atoms. The summed E-state index contributed by atoms with van der Waals surface area (Å²) in [6.45, 7) is 4.38. The Kier molecular flexibility index (Phi) is 1.63. The Morgan fingerprint density at radius 3 is 2.50 bits per heavy atom. The fraction of sp³-hybridized carbons (Fsp3) is 0.667. The van der Waals surface area contributed by atoms with E-state index in [0.29, 0.717) is 6.04 Å². The number of nitrogens with zero attached hydrogens (tertiary/aromatic N) is 1. The van der Waals surface area contributed by atoms with Crippen molar-refractivity contribution in [2.45, 2.75) is 19.9 Å². The molecule has 0 aromatic heterocycles. The molecule has 0 aliphatic carbocycles. The van der Waals surface area contributed by atoms with E-state index in [-0.39, 0.29) is 0 Å². The van der Waals surface area contributed by atoms with Crippen molar-refractivity contribution in [3.05, 3.63) is 11.0 Å². The molecule has 1 unspecified atom stereocenters. The van der Waals surface area contributed by atoms with Crippen LogP contribution in [0.15, 0.2) is 11.0 Å². The Morgan fingerprint density at radius 2 is 2.38 bits per heavy atom. The van der Waals surface area contributed by atoms with Gasteiger partial charge in [-0.1, -0.05) is 0 Å². The van der Waals surface area contributed by atoms with Crippen LogP contribution in [-0.4, -0.2) is 17.4 Å². The molecule has 0 fully saturated rings. The maximum absolute atomic E-state index is 2.25. The Bertz CT molecular complexity index is 120. The molecule has 0 bridgehead atoms. The second-order valence-corrected chi connectivity index (χ2v) is 3.21. The SMILES string of the molecule is CC1=CSN(C)C1C. The third kappa shape index (κ3) is 0.906. The van der Waals surface area contributed by atoms with Gasteiger partial charge >= 0.3 is 0 Å². The summed E-state index contributed by atoms with van der Waals surface area (Å²) in [5.41, 5.74) is 1.47. The number of rotatable bonds is 0. The maximum Gasteiger partial charge on any atom is 0.0389 e. The highest BCUT2D eigenvalue weighted by Crippen LogP contribution is 2.27. The lowest BCUT2D eigenvalue weighted by Crippen LogP contribution is -2.17. The van der Waals surface area contributed by atoms with Gasteiger partial charge in [-0.2, -0.15) is 0 Å². The standard InChI is InChI=1S/C6H11NS/c1-5-4-8-7(3)6(5)2/h4,6H,1-3H3. The van der Waals surface area contributed by atoms with Crippen molar-refractivity contribution >= 4 is 11.9 Å². The normalized spacial score (nSPS) is 30.9. The zero-order valence-electron chi connectivity index (χ0n) is 5.51. The summed E-state index contributed by atoms with van der Waals surface area (Å²) < 4.78 is 2.25. The van der Waals surface area contributed by atoms with Crippen molar-refractivity contribution in [1.29, 1.82) is 0 Å². The number of likely N-dealkylation sites (N-methyl/N-ethyl adjacent to an activating group) is 1. The van der Waals surface area contributed by atoms with E-state index in [1.54, 1.807) is 11.9 Å². The highest BCUT2D eigenvalue weighted by Gasteiger charge is 2.15. The van der Waals surface area contributed by atoms with Gasteiger partial charge in [0.05, 0.1) is 0 Å². The summed E-state index contributed by atoms with van der Waals surface area (Å²) in [7, 11) is 2.11. The summed E-state index contributed by atoms with van der Waals surface area (Å²) in [4.78, 5) is 0. The van der Waals surface area contributed by atoms with E-state index in [0.717, 1.165) is 0 Å². The third-order valence-corrected chi connectivity index (χ3v) is 2.74. The van der Waals surface area contributed by atoms with Gasteiger partial charge in [0.15, 0.2) is 0 Å². The molecule has 0 aromatic rings. The second kappa shape index (κ2) is 2.11. The fourth-order valence-corrected chi connectivity index (χ4v) is 1.52. The highest BCUT2D eigenvalue weighted by atomic mass is 32.2. The molecule has 1 heterocycles. The van der Waals surface area contributed by atoms with Gasteiger partial charge in [-0.15, -0.1) is 0 Å². The van der Waals surface area contributed by atoms with Gasteiger partial charge in [0.25, 0.3) is 0 Å². The molecule has 0 radical (unpaired) electrons. The molecule has 2 heteroatoms. The van der Waals surface area contributed by atoms with Gasteiger partial charge in [-0.25, -0.2) is 4.31 Å². The lowest BCUT2D eigenvalue weighted by atomic mass is 10.2. The molecule has 1 aliphatic rings. The van der Waals surface area contributed by atoms with E-state index in [2.05, 4.69) is 30.6 Å². The van der Waals surface area contributed by atoms with Crippen LogP contribution in [0.4, 0.5) is 0 Å². The van der Waals surface area contributed by atoms with E-state index >= 15 is 0 Å². The first-order chi connectivity index (χ1) is 3.72. The lowest BCUT2D eigenvalue weighted by molar-refractivity contribution is 0.502. The second-order valence-electron chi connectivity index (χ2n) is 2.19. The zero-order valence-corrected chi connectivity index (χ0v) is 6.33. The minimum absolute atomic E-state index is 0.639. The molecule has 0 saturated carbocycles. The highest BCUT2D eigenvalue weighted by molar-refractivity contribution is 8.00. The topological polar surface area (TPSA) is 3.24 Å². The van der Waals surface area contributed by atoms with Crippen LogP contribution in [0.3, 0.4) is 0 Å². The molecule has 8 heavy (non-hydrogen) atoms. The Morgan fingerprint density at radius 1 is 1.75 bits per heavy atom. The zero-order chi connectivity index (χ0) is 6.15. The van der Waals surface area contributed by atoms with Crippen molar-refractivity contribution in [3.63, 3.8) is 0 Å². The molecular weight excluding hydrogens is 118 g/mol. The van der Waals surface area contributed by atoms with E-state index < -0.39 is 0 Å². The molecule has 1 rings (SSSR count). The largest absolute Gasteiger partial charge is 0.243 e. The van der Waals surface area contributed by atoms with Gasteiger partial charge in [0.2, 0.25) is 0 Å². The Labute approximate surface area is 54.9 Å². The first kappa shape index (κ1) is 6.17. The molecule has 0 saturated heterocycles. The monoisotopic (exact) mass is 129 g/mol. The molecule has 1 atom stereocenters. The first-order valence-corrected chi connectivity index (χ1v) is 3.61. The molecular formula is C6H11NS. The molecule has 0 aromatic carbocycles. The average Bonchev–Trinajstić information content (AvgIpc) is 1.98. The molecule has 46 valence electrons. The third-order valence-electron chi connectivity index (χ3n) is 1.61. The quantitative estimate of drug-likeness (QED) is 0.459. The minimum atomic E-state index is 0.639. The van der Waals surface area contributed by atoms with Crippen LogP contribution < -0.4 is 0 Å².